The smallest absolute Gasteiger partial charge is 0.204 e. The Bertz CT molecular complexity index is 379. The summed E-state index contributed by atoms with van der Waals surface area (Å²) in [7, 11) is 0. The van der Waals surface area contributed by atoms with Crippen LogP contribution in [0.1, 0.15) is 0 Å². The summed E-state index contributed by atoms with van der Waals surface area (Å²) >= 11 is 2.00. The van der Waals surface area contributed by atoms with Gasteiger partial charge in [-0.05, 0) is 12.5 Å². The SMILES string of the molecule is CSB(SC)c1c(F)c(F)c(F)c(F)c1F. The molecule has 0 aliphatic heterocycles. The Morgan fingerprint density at radius 1 is 0.688 bits per heavy atom. The van der Waals surface area contributed by atoms with Crippen molar-refractivity contribution in [1.29, 1.82) is 0 Å². The van der Waals surface area contributed by atoms with Crippen LogP contribution in [0.3, 0.4) is 0 Å². The highest BCUT2D eigenvalue weighted by Crippen LogP contribution is 2.22. The van der Waals surface area contributed by atoms with Crippen LogP contribution in [0, 0.1) is 29.1 Å². The van der Waals surface area contributed by atoms with Crippen molar-refractivity contribution in [1.82, 2.24) is 0 Å². The molecule has 8 heteroatoms. The summed E-state index contributed by atoms with van der Waals surface area (Å²) in [6.45, 7) is 0. The Balaban J connectivity index is 3.50. The lowest BCUT2D eigenvalue weighted by Crippen LogP contribution is -2.33. The molecule has 1 rings (SSSR count). The topological polar surface area (TPSA) is 0 Å². The third-order valence-electron chi connectivity index (χ3n) is 1.91. The number of hydrogen-bond acceptors (Lipinski definition) is 2. The molecule has 0 fully saturated rings. The molecule has 0 unspecified atom stereocenters. The van der Waals surface area contributed by atoms with Crippen LogP contribution in [0.15, 0.2) is 0 Å². The molecule has 0 saturated heterocycles. The van der Waals surface area contributed by atoms with E-state index >= 15 is 0 Å². The standard InChI is InChI=1S/C8H6BF5S2/c1-15-9(16-2)3-4(10)6(12)8(14)7(13)5(3)11/h1-2H3. The summed E-state index contributed by atoms with van der Waals surface area (Å²) in [4.78, 5) is 0. The monoisotopic (exact) mass is 272 g/mol. The maximum Gasteiger partial charge on any atom is 0.313 e. The van der Waals surface area contributed by atoms with Crippen LogP contribution in [-0.4, -0.2) is 17.8 Å². The number of hydrogen-bond donors (Lipinski definition) is 0. The van der Waals surface area contributed by atoms with E-state index in [4.69, 9.17) is 0 Å². The van der Waals surface area contributed by atoms with E-state index < -0.39 is 39.8 Å². The van der Waals surface area contributed by atoms with Crippen LogP contribution in [0.25, 0.3) is 0 Å². The fourth-order valence-electron chi connectivity index (χ4n) is 1.16. The van der Waals surface area contributed by atoms with Crippen LogP contribution in [0.2, 0.25) is 0 Å². The molecule has 0 atom stereocenters. The number of benzene rings is 1. The fourth-order valence-corrected chi connectivity index (χ4v) is 2.82. The van der Waals surface area contributed by atoms with Crippen LogP contribution in [0.5, 0.6) is 0 Å². The van der Waals surface area contributed by atoms with E-state index in [9.17, 15) is 22.0 Å². The molecule has 0 heterocycles. The maximum atomic E-state index is 13.3. The Labute approximate surface area is 97.9 Å². The van der Waals surface area contributed by atoms with Crippen molar-refractivity contribution >= 4 is 34.0 Å². The normalized spacial score (nSPS) is 10.7. The van der Waals surface area contributed by atoms with Gasteiger partial charge in [-0.2, -0.15) is 23.2 Å². The molecule has 0 aliphatic rings. The van der Waals surface area contributed by atoms with Crippen molar-refractivity contribution in [2.24, 2.45) is 0 Å². The molecule has 1 aromatic rings. The predicted molar refractivity (Wildman–Crippen MR) is 58.6 cm³/mol. The average molecular weight is 272 g/mol. The fraction of sp³-hybridized carbons (Fsp3) is 0.250. The zero-order valence-electron chi connectivity index (χ0n) is 8.28. The van der Waals surface area contributed by atoms with Gasteiger partial charge in [-0.15, -0.1) is 0 Å². The molecular formula is C8H6BF5S2. The second-order valence-electron chi connectivity index (χ2n) is 2.79. The first-order valence-electron chi connectivity index (χ1n) is 4.02. The van der Waals surface area contributed by atoms with Crippen LogP contribution in [0.4, 0.5) is 22.0 Å². The van der Waals surface area contributed by atoms with E-state index in [1.165, 1.54) is 12.5 Å². The van der Waals surface area contributed by atoms with E-state index in [2.05, 4.69) is 0 Å². The van der Waals surface area contributed by atoms with E-state index in [0.29, 0.717) is 0 Å². The van der Waals surface area contributed by atoms with Crippen molar-refractivity contribution in [2.75, 3.05) is 12.5 Å². The lowest BCUT2D eigenvalue weighted by Gasteiger charge is -2.12. The Kier molecular flexibility index (Phi) is 4.55. The van der Waals surface area contributed by atoms with Gasteiger partial charge >= 0.3 is 5.27 Å². The molecule has 0 aromatic heterocycles. The first-order valence-corrected chi connectivity index (χ1v) is 6.60. The highest BCUT2D eigenvalue weighted by atomic mass is 32.2. The molecule has 16 heavy (non-hydrogen) atoms. The summed E-state index contributed by atoms with van der Waals surface area (Å²) in [6.07, 6.45) is 3.05. The summed E-state index contributed by atoms with van der Waals surface area (Å²) in [6, 6.07) is 0. The molecule has 0 spiro atoms. The summed E-state index contributed by atoms with van der Waals surface area (Å²) < 4.78 is 65.0. The lowest BCUT2D eigenvalue weighted by molar-refractivity contribution is 0.384. The van der Waals surface area contributed by atoms with Crippen molar-refractivity contribution < 1.29 is 22.0 Å². The van der Waals surface area contributed by atoms with E-state index in [0.717, 1.165) is 23.2 Å². The third-order valence-corrected chi connectivity index (χ3v) is 4.39. The van der Waals surface area contributed by atoms with Crippen molar-refractivity contribution in [3.05, 3.63) is 29.1 Å². The summed E-state index contributed by atoms with van der Waals surface area (Å²) in [5.41, 5.74) is -0.781. The van der Waals surface area contributed by atoms with Gasteiger partial charge in [0.25, 0.3) is 0 Å². The molecule has 1 aromatic carbocycles. The lowest BCUT2D eigenvalue weighted by atomic mass is 9.90. The zero-order chi connectivity index (χ0) is 12.5. The average Bonchev–Trinajstić information content (AvgIpc) is 2.29. The van der Waals surface area contributed by atoms with Gasteiger partial charge in [0.2, 0.25) is 0 Å². The van der Waals surface area contributed by atoms with Gasteiger partial charge in [0.1, 0.15) is 0 Å². The number of halogens is 5. The van der Waals surface area contributed by atoms with Crippen molar-refractivity contribution in [3.8, 4) is 0 Å². The van der Waals surface area contributed by atoms with Gasteiger partial charge in [-0.25, -0.2) is 22.0 Å². The third kappa shape index (κ3) is 2.18. The molecule has 0 aliphatic carbocycles. The minimum atomic E-state index is -2.13. The van der Waals surface area contributed by atoms with Gasteiger partial charge in [0.15, 0.2) is 29.1 Å². The molecule has 0 amide bonds. The van der Waals surface area contributed by atoms with Gasteiger partial charge in [-0.3, -0.25) is 0 Å². The van der Waals surface area contributed by atoms with Crippen LogP contribution in [-0.2, 0) is 0 Å². The Morgan fingerprint density at radius 2 is 1.00 bits per heavy atom. The molecule has 0 nitrogen and oxygen atoms in total. The Morgan fingerprint density at radius 3 is 1.31 bits per heavy atom. The van der Waals surface area contributed by atoms with E-state index in [-0.39, 0.29) is 0 Å². The van der Waals surface area contributed by atoms with Gasteiger partial charge in [0, 0.05) is 5.46 Å². The summed E-state index contributed by atoms with van der Waals surface area (Å²) in [5, 5.41) is -0.829. The maximum absolute atomic E-state index is 13.3. The molecular weight excluding hydrogens is 266 g/mol. The molecule has 0 radical (unpaired) electrons. The molecule has 0 bridgehead atoms. The van der Waals surface area contributed by atoms with Gasteiger partial charge < -0.3 is 0 Å². The number of rotatable bonds is 3. The largest absolute Gasteiger partial charge is 0.313 e. The van der Waals surface area contributed by atoms with Crippen LogP contribution >= 0.6 is 23.2 Å². The van der Waals surface area contributed by atoms with Crippen molar-refractivity contribution in [3.63, 3.8) is 0 Å². The van der Waals surface area contributed by atoms with E-state index in [1.54, 1.807) is 0 Å². The molecule has 0 saturated carbocycles. The molecule has 0 N–H and O–H groups in total. The highest BCUT2D eigenvalue weighted by Gasteiger charge is 2.31. The van der Waals surface area contributed by atoms with Gasteiger partial charge in [-0.1, -0.05) is 0 Å². The molecule has 88 valence electrons. The van der Waals surface area contributed by atoms with Gasteiger partial charge in [0.05, 0.1) is 0 Å². The minimum Gasteiger partial charge on any atom is -0.204 e. The van der Waals surface area contributed by atoms with E-state index in [1.807, 2.05) is 0 Å². The second-order valence-corrected chi connectivity index (χ2v) is 4.97. The highest BCUT2D eigenvalue weighted by molar-refractivity contribution is 8.55. The first-order chi connectivity index (χ1) is 7.45. The predicted octanol–water partition coefficient (Wildman–Crippen LogP) is 2.80. The Hall–Kier alpha value is -0.365. The quantitative estimate of drug-likeness (QED) is 0.359. The second kappa shape index (κ2) is 5.31. The summed E-state index contributed by atoms with van der Waals surface area (Å²) in [5.74, 6) is -9.45. The minimum absolute atomic E-state index is 0.781. The van der Waals surface area contributed by atoms with Crippen molar-refractivity contribution in [2.45, 2.75) is 0 Å². The zero-order valence-corrected chi connectivity index (χ0v) is 9.92. The van der Waals surface area contributed by atoms with Crippen LogP contribution < -0.4 is 5.46 Å². The first kappa shape index (κ1) is 13.7.